The van der Waals surface area contributed by atoms with E-state index in [1.807, 2.05) is 60.8 Å². The molecule has 3 aromatic rings. The van der Waals surface area contributed by atoms with Crippen LogP contribution < -0.4 is 20.9 Å². The average Bonchev–Trinajstić information content (AvgIpc) is 3.50. The number of hydrogen-bond acceptors (Lipinski definition) is 6. The van der Waals surface area contributed by atoms with E-state index >= 15 is 0 Å². The maximum atomic E-state index is 13.2. The first-order valence-electron chi connectivity index (χ1n) is 10.5. The van der Waals surface area contributed by atoms with Gasteiger partial charge in [0.2, 0.25) is 5.91 Å². The molecule has 1 aliphatic rings. The van der Waals surface area contributed by atoms with Gasteiger partial charge in [0.05, 0.1) is 11.5 Å². The van der Waals surface area contributed by atoms with E-state index in [4.69, 9.17) is 5.73 Å². The van der Waals surface area contributed by atoms with Crippen molar-refractivity contribution in [2.24, 2.45) is 11.7 Å². The van der Waals surface area contributed by atoms with Gasteiger partial charge in [0.15, 0.2) is 0 Å². The maximum Gasteiger partial charge on any atom is 0.253 e. The van der Waals surface area contributed by atoms with Crippen LogP contribution in [0.25, 0.3) is 10.6 Å². The van der Waals surface area contributed by atoms with Crippen molar-refractivity contribution < 1.29 is 9.59 Å². The van der Waals surface area contributed by atoms with Gasteiger partial charge in [-0.2, -0.15) is 0 Å². The normalized spacial score (nSPS) is 15.1. The van der Waals surface area contributed by atoms with Crippen LogP contribution in [-0.2, 0) is 11.3 Å². The van der Waals surface area contributed by atoms with Gasteiger partial charge in [-0.25, -0.2) is 4.98 Å². The number of halogens is 1. The second kappa shape index (κ2) is 10.7. The lowest BCUT2D eigenvalue weighted by atomic mass is 10.1. The Hall–Kier alpha value is -3.10. The molecule has 0 aliphatic carbocycles. The van der Waals surface area contributed by atoms with E-state index < -0.39 is 0 Å². The molecule has 4 rings (SSSR count). The Morgan fingerprint density at radius 1 is 1.24 bits per heavy atom. The van der Waals surface area contributed by atoms with Gasteiger partial charge < -0.3 is 20.9 Å². The molecule has 0 spiro atoms. The number of thiazole rings is 1. The van der Waals surface area contributed by atoms with E-state index in [0.29, 0.717) is 18.7 Å². The molecule has 1 unspecified atom stereocenters. The molecule has 1 aliphatic heterocycles. The summed E-state index contributed by atoms with van der Waals surface area (Å²) in [6, 6.07) is 13.9. The topological polar surface area (TPSA) is 91.6 Å². The first kappa shape index (κ1) is 24.5. The van der Waals surface area contributed by atoms with E-state index in [2.05, 4.69) is 21.3 Å². The smallest absolute Gasteiger partial charge is 0.253 e. The van der Waals surface area contributed by atoms with Crippen LogP contribution in [0.3, 0.4) is 0 Å². The van der Waals surface area contributed by atoms with Gasteiger partial charge in [-0.15, -0.1) is 23.7 Å². The second-order valence-corrected chi connectivity index (χ2v) is 9.04. The first-order valence-corrected chi connectivity index (χ1v) is 11.4. The van der Waals surface area contributed by atoms with E-state index in [0.717, 1.165) is 40.5 Å². The minimum absolute atomic E-state index is 0. The number of anilines is 2. The lowest BCUT2D eigenvalue weighted by molar-refractivity contribution is -0.121. The van der Waals surface area contributed by atoms with Crippen molar-refractivity contribution in [1.29, 1.82) is 0 Å². The number of rotatable bonds is 7. The number of benzene rings is 2. The zero-order chi connectivity index (χ0) is 22.7. The van der Waals surface area contributed by atoms with Crippen LogP contribution in [0, 0.1) is 5.92 Å². The molecule has 9 heteroatoms. The van der Waals surface area contributed by atoms with E-state index in [-0.39, 0.29) is 30.1 Å². The van der Waals surface area contributed by atoms with Crippen molar-refractivity contribution in [3.05, 3.63) is 65.2 Å². The molecule has 33 heavy (non-hydrogen) atoms. The van der Waals surface area contributed by atoms with Gasteiger partial charge in [-0.05, 0) is 36.2 Å². The van der Waals surface area contributed by atoms with Crippen molar-refractivity contribution in [1.82, 2.24) is 10.3 Å². The fourth-order valence-corrected chi connectivity index (χ4v) is 4.61. The highest BCUT2D eigenvalue weighted by Gasteiger charge is 2.27. The Kier molecular flexibility index (Phi) is 7.94. The SMILES string of the molecule is CN(C)c1ccc(N2CCC(C(N)=O)C2)cc1C(=O)NCc1cccc(-c2nccs2)c1.Cl. The Morgan fingerprint density at radius 3 is 2.73 bits per heavy atom. The van der Waals surface area contributed by atoms with Gasteiger partial charge in [-0.1, -0.05) is 18.2 Å². The van der Waals surface area contributed by atoms with Crippen LogP contribution in [0.4, 0.5) is 11.4 Å². The molecular weight excluding hydrogens is 458 g/mol. The monoisotopic (exact) mass is 485 g/mol. The predicted molar refractivity (Wildman–Crippen MR) is 136 cm³/mol. The Balaban J connectivity index is 0.00000306. The minimum Gasteiger partial charge on any atom is -0.377 e. The van der Waals surface area contributed by atoms with E-state index in [9.17, 15) is 9.59 Å². The Morgan fingerprint density at radius 2 is 2.06 bits per heavy atom. The Labute approximate surface area is 204 Å². The lowest BCUT2D eigenvalue weighted by Crippen LogP contribution is -2.28. The van der Waals surface area contributed by atoms with Crippen molar-refractivity contribution in [3.8, 4) is 10.6 Å². The molecule has 1 saturated heterocycles. The number of hydrogen-bond donors (Lipinski definition) is 2. The number of nitrogens with one attached hydrogen (secondary N) is 1. The van der Waals surface area contributed by atoms with Crippen LogP contribution in [0.2, 0.25) is 0 Å². The standard InChI is InChI=1S/C24H27N5O2S.ClH/c1-28(2)21-7-6-19(29-10-8-18(15-29)22(25)30)13-20(21)23(31)27-14-16-4-3-5-17(12-16)24-26-9-11-32-24;/h3-7,9,11-13,18H,8,10,14-15H2,1-2H3,(H2,25,30)(H,27,31);1H. The molecule has 0 radical (unpaired) electrons. The zero-order valence-corrected chi connectivity index (χ0v) is 20.3. The summed E-state index contributed by atoms with van der Waals surface area (Å²) in [6.07, 6.45) is 2.53. The quantitative estimate of drug-likeness (QED) is 0.534. The van der Waals surface area contributed by atoms with Gasteiger partial charge >= 0.3 is 0 Å². The molecule has 3 N–H and O–H groups in total. The summed E-state index contributed by atoms with van der Waals surface area (Å²) in [7, 11) is 3.84. The van der Waals surface area contributed by atoms with Crippen LogP contribution in [0.15, 0.2) is 54.0 Å². The number of carbonyl (C=O) groups is 2. The third kappa shape index (κ3) is 5.64. The summed E-state index contributed by atoms with van der Waals surface area (Å²) in [6.45, 7) is 1.75. The van der Waals surface area contributed by atoms with E-state index in [1.54, 1.807) is 17.5 Å². The molecule has 1 aromatic heterocycles. The van der Waals surface area contributed by atoms with Crippen LogP contribution in [-0.4, -0.2) is 44.0 Å². The minimum atomic E-state index is -0.268. The summed E-state index contributed by atoms with van der Waals surface area (Å²) in [5.41, 5.74) is 9.90. The molecule has 7 nitrogen and oxygen atoms in total. The third-order valence-corrected chi connectivity index (χ3v) is 6.54. The summed E-state index contributed by atoms with van der Waals surface area (Å²) in [4.78, 5) is 33.1. The molecular formula is C24H28ClN5O2S. The first-order chi connectivity index (χ1) is 15.4. The van der Waals surface area contributed by atoms with Gasteiger partial charge in [0.1, 0.15) is 5.01 Å². The van der Waals surface area contributed by atoms with E-state index in [1.165, 1.54) is 0 Å². The van der Waals surface area contributed by atoms with Gasteiger partial charge in [0.25, 0.3) is 5.91 Å². The fourth-order valence-electron chi connectivity index (χ4n) is 3.98. The molecule has 174 valence electrons. The second-order valence-electron chi connectivity index (χ2n) is 8.15. The fraction of sp³-hybridized carbons (Fsp3) is 0.292. The summed E-state index contributed by atoms with van der Waals surface area (Å²) < 4.78 is 0. The largest absolute Gasteiger partial charge is 0.377 e. The third-order valence-electron chi connectivity index (χ3n) is 5.72. The highest BCUT2D eigenvalue weighted by molar-refractivity contribution is 7.13. The molecule has 2 aromatic carbocycles. The average molecular weight is 486 g/mol. The lowest BCUT2D eigenvalue weighted by Gasteiger charge is -2.23. The predicted octanol–water partition coefficient (Wildman–Crippen LogP) is 3.54. The highest BCUT2D eigenvalue weighted by Crippen LogP contribution is 2.29. The number of carbonyl (C=O) groups excluding carboxylic acids is 2. The molecule has 1 fully saturated rings. The number of nitrogens with two attached hydrogens (primary N) is 1. The van der Waals surface area contributed by atoms with Crippen molar-refractivity contribution in [2.75, 3.05) is 37.0 Å². The maximum absolute atomic E-state index is 13.2. The number of nitrogens with zero attached hydrogens (tertiary/aromatic N) is 3. The summed E-state index contributed by atoms with van der Waals surface area (Å²) >= 11 is 1.59. The summed E-state index contributed by atoms with van der Waals surface area (Å²) in [5.74, 6) is -0.554. The number of primary amides is 1. The van der Waals surface area contributed by atoms with Crippen molar-refractivity contribution in [3.63, 3.8) is 0 Å². The zero-order valence-electron chi connectivity index (χ0n) is 18.7. The molecule has 1 atom stereocenters. The summed E-state index contributed by atoms with van der Waals surface area (Å²) in [5, 5.41) is 5.96. The Bertz CT molecular complexity index is 1120. The van der Waals surface area contributed by atoms with Crippen LogP contribution >= 0.6 is 23.7 Å². The molecule has 0 saturated carbocycles. The number of aromatic nitrogens is 1. The molecule has 2 heterocycles. The van der Waals surface area contributed by atoms with Crippen LogP contribution in [0.5, 0.6) is 0 Å². The highest BCUT2D eigenvalue weighted by atomic mass is 35.5. The number of amides is 2. The van der Waals surface area contributed by atoms with Gasteiger partial charge in [0, 0.05) is 62.2 Å². The molecule has 2 amide bonds. The van der Waals surface area contributed by atoms with Gasteiger partial charge in [-0.3, -0.25) is 9.59 Å². The van der Waals surface area contributed by atoms with Crippen molar-refractivity contribution in [2.45, 2.75) is 13.0 Å². The van der Waals surface area contributed by atoms with Crippen LogP contribution in [0.1, 0.15) is 22.3 Å². The van der Waals surface area contributed by atoms with Crippen molar-refractivity contribution >= 4 is 46.9 Å². The molecule has 0 bridgehead atoms.